The van der Waals surface area contributed by atoms with Crippen LogP contribution >= 0.6 is 0 Å². The summed E-state index contributed by atoms with van der Waals surface area (Å²) in [6.07, 6.45) is 1.75. The normalized spacial score (nSPS) is 25.9. The van der Waals surface area contributed by atoms with E-state index in [1.54, 1.807) is 11.1 Å². The highest BCUT2D eigenvalue weighted by Gasteiger charge is 2.57. The predicted octanol–water partition coefficient (Wildman–Crippen LogP) is 0.904. The van der Waals surface area contributed by atoms with E-state index in [0.717, 1.165) is 11.3 Å². The molecule has 7 heteroatoms. The van der Waals surface area contributed by atoms with Crippen LogP contribution in [0.15, 0.2) is 24.4 Å². The average Bonchev–Trinajstić information content (AvgIpc) is 3.25. The summed E-state index contributed by atoms with van der Waals surface area (Å²) in [5.41, 5.74) is 1.41. The minimum atomic E-state index is -0.737. The lowest BCUT2D eigenvalue weighted by Crippen LogP contribution is -2.41. The Hall–Kier alpha value is -2.41. The molecular formula is C17H19N3O4. The van der Waals surface area contributed by atoms with E-state index >= 15 is 0 Å². The molecule has 0 spiro atoms. The number of hydrogen-bond donors (Lipinski definition) is 0. The van der Waals surface area contributed by atoms with Gasteiger partial charge < -0.3 is 18.8 Å². The predicted molar refractivity (Wildman–Crippen MR) is 84.6 cm³/mol. The smallest absolute Gasteiger partial charge is 0.316 e. The molecule has 2 saturated heterocycles. The number of esters is 1. The fourth-order valence-electron chi connectivity index (χ4n) is 3.80. The van der Waals surface area contributed by atoms with Gasteiger partial charge in [-0.2, -0.15) is 0 Å². The Kier molecular flexibility index (Phi) is 3.35. The van der Waals surface area contributed by atoms with Gasteiger partial charge in [0.2, 0.25) is 0 Å². The van der Waals surface area contributed by atoms with Crippen molar-refractivity contribution in [3.8, 4) is 0 Å². The van der Waals surface area contributed by atoms with Gasteiger partial charge in [0.25, 0.3) is 5.91 Å². The number of aryl methyl sites for hydroxylation is 1. The van der Waals surface area contributed by atoms with E-state index in [-0.39, 0.29) is 17.8 Å². The summed E-state index contributed by atoms with van der Waals surface area (Å²) in [6.45, 7) is 3.55. The standard InChI is InChI=1S/C17H19N3O4/c1-11-4-3-5-14-18-13(7-20(11)14)15(21)19-6-12-8-24-10-17(12,9-19)16(22)23-2/h3-5,7,12H,6,8-10H2,1-2H3/t12-,17-/m0/s1. The van der Waals surface area contributed by atoms with Gasteiger partial charge in [-0.05, 0) is 19.1 Å². The van der Waals surface area contributed by atoms with Crippen molar-refractivity contribution >= 4 is 17.5 Å². The van der Waals surface area contributed by atoms with Gasteiger partial charge in [0.1, 0.15) is 16.8 Å². The van der Waals surface area contributed by atoms with Gasteiger partial charge in [-0.15, -0.1) is 0 Å². The summed E-state index contributed by atoms with van der Waals surface area (Å²) >= 11 is 0. The lowest BCUT2D eigenvalue weighted by atomic mass is 9.81. The summed E-state index contributed by atoms with van der Waals surface area (Å²) in [5.74, 6) is -0.477. The van der Waals surface area contributed by atoms with E-state index in [1.807, 2.05) is 29.5 Å². The number of rotatable bonds is 2. The number of ether oxygens (including phenoxy) is 2. The molecule has 24 heavy (non-hydrogen) atoms. The Balaban J connectivity index is 1.63. The van der Waals surface area contributed by atoms with E-state index in [2.05, 4.69) is 4.98 Å². The first-order chi connectivity index (χ1) is 11.5. The van der Waals surface area contributed by atoms with Crippen LogP contribution in [0, 0.1) is 18.3 Å². The van der Waals surface area contributed by atoms with Gasteiger partial charge in [0.15, 0.2) is 0 Å². The van der Waals surface area contributed by atoms with Crippen molar-refractivity contribution in [2.45, 2.75) is 6.92 Å². The molecule has 2 fully saturated rings. The quantitative estimate of drug-likeness (QED) is 0.766. The molecule has 7 nitrogen and oxygen atoms in total. The first-order valence-electron chi connectivity index (χ1n) is 7.95. The van der Waals surface area contributed by atoms with E-state index in [0.29, 0.717) is 32.0 Å². The number of pyridine rings is 1. The zero-order valence-electron chi connectivity index (χ0n) is 13.7. The summed E-state index contributed by atoms with van der Waals surface area (Å²) in [5, 5.41) is 0. The number of nitrogens with zero attached hydrogens (tertiary/aromatic N) is 3. The van der Waals surface area contributed by atoms with Gasteiger partial charge in [-0.1, -0.05) is 6.07 Å². The fourth-order valence-corrected chi connectivity index (χ4v) is 3.80. The molecule has 0 aromatic carbocycles. The molecule has 0 saturated carbocycles. The Morgan fingerprint density at radius 1 is 1.42 bits per heavy atom. The number of hydrogen-bond acceptors (Lipinski definition) is 5. The van der Waals surface area contributed by atoms with E-state index in [1.165, 1.54) is 7.11 Å². The number of imidazole rings is 1. The Morgan fingerprint density at radius 3 is 3.00 bits per heavy atom. The summed E-state index contributed by atoms with van der Waals surface area (Å²) in [6, 6.07) is 5.74. The van der Waals surface area contributed by atoms with Crippen molar-refractivity contribution in [2.24, 2.45) is 11.3 Å². The van der Waals surface area contributed by atoms with Crippen molar-refractivity contribution in [1.29, 1.82) is 0 Å². The van der Waals surface area contributed by atoms with Gasteiger partial charge >= 0.3 is 5.97 Å². The van der Waals surface area contributed by atoms with Crippen LogP contribution in [-0.2, 0) is 14.3 Å². The summed E-state index contributed by atoms with van der Waals surface area (Å²) in [4.78, 5) is 31.2. The Morgan fingerprint density at radius 2 is 2.25 bits per heavy atom. The van der Waals surface area contributed by atoms with Crippen molar-refractivity contribution in [3.05, 3.63) is 35.8 Å². The number of amides is 1. The molecule has 2 aromatic rings. The lowest BCUT2D eigenvalue weighted by molar-refractivity contribution is -0.153. The van der Waals surface area contributed by atoms with Gasteiger partial charge in [-0.25, -0.2) is 4.98 Å². The summed E-state index contributed by atoms with van der Waals surface area (Å²) in [7, 11) is 1.38. The van der Waals surface area contributed by atoms with Crippen LogP contribution < -0.4 is 0 Å². The van der Waals surface area contributed by atoms with Gasteiger partial charge in [0, 0.05) is 30.9 Å². The molecule has 4 heterocycles. The number of fused-ring (bicyclic) bond motifs is 2. The SMILES string of the molecule is COC(=O)[C@@]12COC[C@@H]1CN(C(=O)c1cn3c(C)cccc3n1)C2. The molecule has 2 aromatic heterocycles. The number of methoxy groups -OCH3 is 1. The first-order valence-corrected chi connectivity index (χ1v) is 7.95. The molecule has 0 radical (unpaired) electrons. The monoisotopic (exact) mass is 329 g/mol. The molecule has 1 amide bonds. The third-order valence-electron chi connectivity index (χ3n) is 5.17. The van der Waals surface area contributed by atoms with E-state index < -0.39 is 5.41 Å². The second-order valence-electron chi connectivity index (χ2n) is 6.57. The van der Waals surface area contributed by atoms with Crippen molar-refractivity contribution in [1.82, 2.24) is 14.3 Å². The largest absolute Gasteiger partial charge is 0.468 e. The third kappa shape index (κ3) is 2.04. The molecule has 0 unspecified atom stereocenters. The zero-order valence-corrected chi connectivity index (χ0v) is 13.7. The van der Waals surface area contributed by atoms with Gasteiger partial charge in [-0.3, -0.25) is 9.59 Å². The highest BCUT2D eigenvalue weighted by atomic mass is 16.5. The minimum Gasteiger partial charge on any atom is -0.468 e. The third-order valence-corrected chi connectivity index (χ3v) is 5.17. The minimum absolute atomic E-state index is 0.0207. The number of carbonyl (C=O) groups is 2. The molecule has 0 bridgehead atoms. The van der Waals surface area contributed by atoms with Crippen LogP contribution in [0.2, 0.25) is 0 Å². The molecular weight excluding hydrogens is 310 g/mol. The van der Waals surface area contributed by atoms with Crippen molar-refractivity contribution in [2.75, 3.05) is 33.4 Å². The van der Waals surface area contributed by atoms with Crippen LogP contribution in [0.25, 0.3) is 5.65 Å². The highest BCUT2D eigenvalue weighted by molar-refractivity contribution is 5.94. The number of carbonyl (C=O) groups excluding carboxylic acids is 2. The number of likely N-dealkylation sites (tertiary alicyclic amines) is 1. The van der Waals surface area contributed by atoms with Crippen molar-refractivity contribution < 1.29 is 19.1 Å². The highest BCUT2D eigenvalue weighted by Crippen LogP contribution is 2.42. The second-order valence-corrected chi connectivity index (χ2v) is 6.57. The molecule has 0 aliphatic carbocycles. The molecule has 2 aliphatic heterocycles. The molecule has 2 aliphatic rings. The second kappa shape index (κ2) is 5.31. The first kappa shape index (κ1) is 15.1. The zero-order chi connectivity index (χ0) is 16.9. The van der Waals surface area contributed by atoms with Crippen LogP contribution in [0.1, 0.15) is 16.2 Å². The maximum absolute atomic E-state index is 12.9. The van der Waals surface area contributed by atoms with Crippen LogP contribution in [0.3, 0.4) is 0 Å². The van der Waals surface area contributed by atoms with E-state index in [4.69, 9.17) is 9.47 Å². The Bertz CT molecular complexity index is 830. The van der Waals surface area contributed by atoms with Gasteiger partial charge in [0.05, 0.1) is 20.3 Å². The van der Waals surface area contributed by atoms with Crippen LogP contribution in [-0.4, -0.2) is 59.6 Å². The number of aromatic nitrogens is 2. The van der Waals surface area contributed by atoms with E-state index in [9.17, 15) is 9.59 Å². The molecule has 2 atom stereocenters. The molecule has 4 rings (SSSR count). The maximum Gasteiger partial charge on any atom is 0.316 e. The Labute approximate surface area is 139 Å². The molecule has 0 N–H and O–H groups in total. The fraction of sp³-hybridized carbons (Fsp3) is 0.471. The summed E-state index contributed by atoms with van der Waals surface area (Å²) < 4.78 is 12.3. The topological polar surface area (TPSA) is 73.1 Å². The van der Waals surface area contributed by atoms with Crippen LogP contribution in [0.5, 0.6) is 0 Å². The van der Waals surface area contributed by atoms with Crippen LogP contribution in [0.4, 0.5) is 0 Å². The maximum atomic E-state index is 12.9. The average molecular weight is 329 g/mol. The van der Waals surface area contributed by atoms with Crippen molar-refractivity contribution in [3.63, 3.8) is 0 Å². The molecule has 126 valence electrons. The lowest BCUT2D eigenvalue weighted by Gasteiger charge is -2.23.